The number of esters is 1. The Morgan fingerprint density at radius 1 is 1.00 bits per heavy atom. The number of rotatable bonds is 6. The SMILES string of the molecule is COCCOc1ccc(C(=O)Oc2cc(C)ccc2C)cc1. The first-order chi connectivity index (χ1) is 10.6. The van der Waals surface area contributed by atoms with Gasteiger partial charge in [-0.2, -0.15) is 0 Å². The summed E-state index contributed by atoms with van der Waals surface area (Å²) in [4.78, 5) is 12.2. The second-order valence-corrected chi connectivity index (χ2v) is 5.02. The minimum absolute atomic E-state index is 0.378. The fourth-order valence-electron chi connectivity index (χ4n) is 1.91. The molecule has 0 aliphatic heterocycles. The number of hydrogen-bond acceptors (Lipinski definition) is 4. The molecule has 22 heavy (non-hydrogen) atoms. The lowest BCUT2D eigenvalue weighted by Crippen LogP contribution is -2.09. The quantitative estimate of drug-likeness (QED) is 0.465. The van der Waals surface area contributed by atoms with Gasteiger partial charge in [-0.05, 0) is 55.3 Å². The van der Waals surface area contributed by atoms with E-state index in [1.165, 1.54) is 0 Å². The molecule has 0 aliphatic rings. The van der Waals surface area contributed by atoms with Gasteiger partial charge in [-0.1, -0.05) is 12.1 Å². The van der Waals surface area contributed by atoms with Gasteiger partial charge in [-0.15, -0.1) is 0 Å². The molecule has 0 atom stereocenters. The summed E-state index contributed by atoms with van der Waals surface area (Å²) < 4.78 is 15.8. The third-order valence-electron chi connectivity index (χ3n) is 3.19. The lowest BCUT2D eigenvalue weighted by molar-refractivity contribution is 0.0733. The van der Waals surface area contributed by atoms with Crippen LogP contribution in [0.15, 0.2) is 42.5 Å². The van der Waals surface area contributed by atoms with E-state index >= 15 is 0 Å². The smallest absolute Gasteiger partial charge is 0.343 e. The van der Waals surface area contributed by atoms with Crippen molar-refractivity contribution < 1.29 is 19.0 Å². The van der Waals surface area contributed by atoms with E-state index < -0.39 is 0 Å². The van der Waals surface area contributed by atoms with Gasteiger partial charge in [0.05, 0.1) is 12.2 Å². The van der Waals surface area contributed by atoms with Crippen molar-refractivity contribution in [3.05, 3.63) is 59.2 Å². The molecule has 0 bridgehead atoms. The molecule has 0 amide bonds. The van der Waals surface area contributed by atoms with Crippen LogP contribution in [0.4, 0.5) is 0 Å². The second-order valence-electron chi connectivity index (χ2n) is 5.02. The zero-order valence-corrected chi connectivity index (χ0v) is 13.1. The first-order valence-electron chi connectivity index (χ1n) is 7.11. The highest BCUT2D eigenvalue weighted by atomic mass is 16.5. The molecule has 0 saturated carbocycles. The van der Waals surface area contributed by atoms with Crippen LogP contribution < -0.4 is 9.47 Å². The maximum absolute atomic E-state index is 12.2. The number of methoxy groups -OCH3 is 1. The zero-order valence-electron chi connectivity index (χ0n) is 13.1. The number of aryl methyl sites for hydroxylation is 2. The van der Waals surface area contributed by atoms with Crippen LogP contribution in [0.2, 0.25) is 0 Å². The standard InChI is InChI=1S/C18H20O4/c1-13-4-5-14(2)17(12-13)22-18(19)15-6-8-16(9-7-15)21-11-10-20-3/h4-9,12H,10-11H2,1-3H3. The van der Waals surface area contributed by atoms with Gasteiger partial charge in [0.2, 0.25) is 0 Å². The number of carbonyl (C=O) groups is 1. The maximum atomic E-state index is 12.2. The molecule has 0 saturated heterocycles. The molecule has 2 rings (SSSR count). The summed E-state index contributed by atoms with van der Waals surface area (Å²) in [5.41, 5.74) is 2.47. The number of hydrogen-bond donors (Lipinski definition) is 0. The van der Waals surface area contributed by atoms with Crippen molar-refractivity contribution in [1.82, 2.24) is 0 Å². The summed E-state index contributed by atoms with van der Waals surface area (Å²) in [6.07, 6.45) is 0. The molecule has 0 radical (unpaired) electrons. The summed E-state index contributed by atoms with van der Waals surface area (Å²) in [6.45, 7) is 4.87. The molecule has 0 unspecified atom stereocenters. The van der Waals surface area contributed by atoms with Crippen molar-refractivity contribution >= 4 is 5.97 Å². The first-order valence-corrected chi connectivity index (χ1v) is 7.11. The molecule has 0 heterocycles. The van der Waals surface area contributed by atoms with Gasteiger partial charge < -0.3 is 14.2 Å². The zero-order chi connectivity index (χ0) is 15.9. The fourth-order valence-corrected chi connectivity index (χ4v) is 1.91. The van der Waals surface area contributed by atoms with E-state index in [9.17, 15) is 4.79 Å². The molecule has 4 heteroatoms. The van der Waals surface area contributed by atoms with Crippen LogP contribution in [0.5, 0.6) is 11.5 Å². The predicted octanol–water partition coefficient (Wildman–Crippen LogP) is 3.55. The van der Waals surface area contributed by atoms with Crippen molar-refractivity contribution in [3.8, 4) is 11.5 Å². The van der Waals surface area contributed by atoms with Crippen molar-refractivity contribution in [2.75, 3.05) is 20.3 Å². The van der Waals surface area contributed by atoms with Gasteiger partial charge in [0.25, 0.3) is 0 Å². The van der Waals surface area contributed by atoms with Crippen molar-refractivity contribution in [3.63, 3.8) is 0 Å². The Labute approximate surface area is 130 Å². The van der Waals surface area contributed by atoms with E-state index in [1.54, 1.807) is 31.4 Å². The van der Waals surface area contributed by atoms with E-state index in [0.717, 1.165) is 11.1 Å². The van der Waals surface area contributed by atoms with Gasteiger partial charge in [-0.25, -0.2) is 4.79 Å². The summed E-state index contributed by atoms with van der Waals surface area (Å²) in [5, 5.41) is 0. The third-order valence-corrected chi connectivity index (χ3v) is 3.19. The van der Waals surface area contributed by atoms with Gasteiger partial charge >= 0.3 is 5.97 Å². The lowest BCUT2D eigenvalue weighted by Gasteiger charge is -2.09. The van der Waals surface area contributed by atoms with Crippen molar-refractivity contribution in [2.45, 2.75) is 13.8 Å². The van der Waals surface area contributed by atoms with E-state index in [2.05, 4.69) is 0 Å². The molecule has 0 N–H and O–H groups in total. The fraction of sp³-hybridized carbons (Fsp3) is 0.278. The summed E-state index contributed by atoms with van der Waals surface area (Å²) in [5.74, 6) is 0.905. The Hall–Kier alpha value is -2.33. The maximum Gasteiger partial charge on any atom is 0.343 e. The van der Waals surface area contributed by atoms with Crippen LogP contribution in [-0.2, 0) is 4.74 Å². The average molecular weight is 300 g/mol. The average Bonchev–Trinajstić information content (AvgIpc) is 2.52. The molecule has 0 aliphatic carbocycles. The number of ether oxygens (including phenoxy) is 3. The Balaban J connectivity index is 2.02. The Kier molecular flexibility index (Phi) is 5.55. The van der Waals surface area contributed by atoms with Gasteiger partial charge in [0, 0.05) is 7.11 Å². The Morgan fingerprint density at radius 2 is 1.73 bits per heavy atom. The molecule has 4 nitrogen and oxygen atoms in total. The highest BCUT2D eigenvalue weighted by molar-refractivity contribution is 5.91. The predicted molar refractivity (Wildman–Crippen MR) is 84.7 cm³/mol. The van der Waals surface area contributed by atoms with E-state index in [0.29, 0.717) is 30.3 Å². The van der Waals surface area contributed by atoms with Crippen LogP contribution >= 0.6 is 0 Å². The molecule has 2 aromatic rings. The topological polar surface area (TPSA) is 44.8 Å². The summed E-state index contributed by atoms with van der Waals surface area (Å²) >= 11 is 0. The van der Waals surface area contributed by atoms with Crippen LogP contribution in [0.3, 0.4) is 0 Å². The minimum atomic E-state index is -0.378. The largest absolute Gasteiger partial charge is 0.491 e. The van der Waals surface area contributed by atoms with E-state index in [-0.39, 0.29) is 5.97 Å². The molecule has 0 fully saturated rings. The number of benzene rings is 2. The Bertz CT molecular complexity index is 632. The van der Waals surface area contributed by atoms with Crippen molar-refractivity contribution in [2.24, 2.45) is 0 Å². The lowest BCUT2D eigenvalue weighted by atomic mass is 10.1. The first kappa shape index (κ1) is 16.0. The highest BCUT2D eigenvalue weighted by Crippen LogP contribution is 2.21. The van der Waals surface area contributed by atoms with Crippen LogP contribution in [-0.4, -0.2) is 26.3 Å². The molecule has 0 aromatic heterocycles. The van der Waals surface area contributed by atoms with Gasteiger partial charge in [0.1, 0.15) is 18.1 Å². The molecule has 0 spiro atoms. The van der Waals surface area contributed by atoms with Crippen LogP contribution in [0, 0.1) is 13.8 Å². The van der Waals surface area contributed by atoms with Crippen LogP contribution in [0.1, 0.15) is 21.5 Å². The van der Waals surface area contributed by atoms with Gasteiger partial charge in [-0.3, -0.25) is 0 Å². The normalized spacial score (nSPS) is 10.3. The monoisotopic (exact) mass is 300 g/mol. The molecule has 116 valence electrons. The number of carbonyl (C=O) groups excluding carboxylic acids is 1. The van der Waals surface area contributed by atoms with Crippen molar-refractivity contribution in [1.29, 1.82) is 0 Å². The van der Waals surface area contributed by atoms with Crippen LogP contribution in [0.25, 0.3) is 0 Å². The minimum Gasteiger partial charge on any atom is -0.491 e. The summed E-state index contributed by atoms with van der Waals surface area (Å²) in [7, 11) is 1.62. The third kappa shape index (κ3) is 4.33. The highest BCUT2D eigenvalue weighted by Gasteiger charge is 2.10. The summed E-state index contributed by atoms with van der Waals surface area (Å²) in [6, 6.07) is 12.6. The molecule has 2 aromatic carbocycles. The molecular weight excluding hydrogens is 280 g/mol. The Morgan fingerprint density at radius 3 is 2.41 bits per heavy atom. The molecular formula is C18H20O4. The van der Waals surface area contributed by atoms with E-state index in [1.807, 2.05) is 32.0 Å². The second kappa shape index (κ2) is 7.61. The van der Waals surface area contributed by atoms with E-state index in [4.69, 9.17) is 14.2 Å². The van der Waals surface area contributed by atoms with Gasteiger partial charge in [0.15, 0.2) is 0 Å².